The molecule has 0 spiro atoms. The van der Waals surface area contributed by atoms with Crippen LogP contribution in [0.25, 0.3) is 0 Å². The maximum atomic E-state index is 11.3. The molecule has 0 fully saturated rings. The van der Waals surface area contributed by atoms with Crippen LogP contribution < -0.4 is 0 Å². The Morgan fingerprint density at radius 2 is 1.81 bits per heavy atom. The number of aliphatic hydroxyl groups is 2. The summed E-state index contributed by atoms with van der Waals surface area (Å²) in [7, 11) is -3.35. The fourth-order valence-electron chi connectivity index (χ4n) is 1.20. The SMILES string of the molecule is O=C(O)CCCCCS(=O)(=O)CC(O)CO. The zero-order chi connectivity index (χ0) is 12.6. The molecule has 0 rings (SSSR count). The van der Waals surface area contributed by atoms with E-state index in [1.54, 1.807) is 0 Å². The minimum absolute atomic E-state index is 0.0410. The zero-order valence-electron chi connectivity index (χ0n) is 9.00. The van der Waals surface area contributed by atoms with E-state index < -0.39 is 34.3 Å². The monoisotopic (exact) mass is 254 g/mol. The molecule has 96 valence electrons. The Bertz CT molecular complexity index is 297. The van der Waals surface area contributed by atoms with E-state index in [0.717, 1.165) is 0 Å². The highest BCUT2D eigenvalue weighted by atomic mass is 32.2. The van der Waals surface area contributed by atoms with Gasteiger partial charge in [0.1, 0.15) is 0 Å². The van der Waals surface area contributed by atoms with E-state index in [1.807, 2.05) is 0 Å². The molecule has 0 radical (unpaired) electrons. The maximum absolute atomic E-state index is 11.3. The van der Waals surface area contributed by atoms with Gasteiger partial charge in [0.25, 0.3) is 0 Å². The van der Waals surface area contributed by atoms with E-state index in [0.29, 0.717) is 19.3 Å². The van der Waals surface area contributed by atoms with Crippen molar-refractivity contribution >= 4 is 15.8 Å². The average Bonchev–Trinajstić information content (AvgIpc) is 2.15. The van der Waals surface area contributed by atoms with E-state index >= 15 is 0 Å². The van der Waals surface area contributed by atoms with Crippen molar-refractivity contribution in [2.75, 3.05) is 18.1 Å². The Balaban J connectivity index is 3.70. The summed E-state index contributed by atoms with van der Waals surface area (Å²) in [5.74, 6) is -1.41. The van der Waals surface area contributed by atoms with Crippen molar-refractivity contribution in [1.29, 1.82) is 0 Å². The van der Waals surface area contributed by atoms with Crippen LogP contribution in [0.2, 0.25) is 0 Å². The first-order valence-electron chi connectivity index (χ1n) is 5.08. The summed E-state index contributed by atoms with van der Waals surface area (Å²) in [6, 6.07) is 0. The lowest BCUT2D eigenvalue weighted by Crippen LogP contribution is -2.25. The molecule has 1 unspecified atom stereocenters. The van der Waals surface area contributed by atoms with E-state index in [4.69, 9.17) is 15.3 Å². The molecule has 0 bridgehead atoms. The van der Waals surface area contributed by atoms with Gasteiger partial charge in [-0.1, -0.05) is 6.42 Å². The van der Waals surface area contributed by atoms with Crippen molar-refractivity contribution in [1.82, 2.24) is 0 Å². The number of carbonyl (C=O) groups is 1. The molecule has 6 nitrogen and oxygen atoms in total. The smallest absolute Gasteiger partial charge is 0.303 e. The predicted octanol–water partition coefficient (Wildman–Crippen LogP) is -0.601. The molecule has 3 N–H and O–H groups in total. The number of aliphatic hydroxyl groups excluding tert-OH is 2. The van der Waals surface area contributed by atoms with Gasteiger partial charge in [-0.2, -0.15) is 0 Å². The third kappa shape index (κ3) is 8.63. The van der Waals surface area contributed by atoms with Crippen molar-refractivity contribution in [3.63, 3.8) is 0 Å². The predicted molar refractivity (Wildman–Crippen MR) is 57.9 cm³/mol. The van der Waals surface area contributed by atoms with Crippen LogP contribution in [-0.2, 0) is 14.6 Å². The highest BCUT2D eigenvalue weighted by molar-refractivity contribution is 7.91. The summed E-state index contributed by atoms with van der Waals surface area (Å²) in [6.45, 7) is -0.571. The van der Waals surface area contributed by atoms with Crippen LogP contribution in [0.15, 0.2) is 0 Å². The van der Waals surface area contributed by atoms with Crippen molar-refractivity contribution in [3.8, 4) is 0 Å². The number of aliphatic carboxylic acids is 1. The fourth-order valence-corrected chi connectivity index (χ4v) is 2.71. The number of carboxylic acid groups (broad SMARTS) is 1. The van der Waals surface area contributed by atoms with Crippen molar-refractivity contribution < 1.29 is 28.5 Å². The van der Waals surface area contributed by atoms with Gasteiger partial charge in [0.05, 0.1) is 24.2 Å². The summed E-state index contributed by atoms with van der Waals surface area (Å²) in [4.78, 5) is 10.2. The third-order valence-electron chi connectivity index (χ3n) is 2.00. The summed E-state index contributed by atoms with van der Waals surface area (Å²) in [5, 5.41) is 25.8. The molecule has 0 aromatic heterocycles. The van der Waals surface area contributed by atoms with Crippen LogP contribution in [0.3, 0.4) is 0 Å². The first kappa shape index (κ1) is 15.3. The molecule has 0 amide bonds. The number of carboxylic acids is 1. The summed E-state index contributed by atoms with van der Waals surface area (Å²) >= 11 is 0. The van der Waals surface area contributed by atoms with Crippen LogP contribution in [0.1, 0.15) is 25.7 Å². The molecule has 7 heteroatoms. The molecule has 0 heterocycles. The average molecular weight is 254 g/mol. The first-order chi connectivity index (χ1) is 7.37. The zero-order valence-corrected chi connectivity index (χ0v) is 9.82. The fraction of sp³-hybridized carbons (Fsp3) is 0.889. The molecular formula is C9H18O6S. The van der Waals surface area contributed by atoms with Gasteiger partial charge in [0.15, 0.2) is 9.84 Å². The quantitative estimate of drug-likeness (QED) is 0.474. The maximum Gasteiger partial charge on any atom is 0.303 e. The van der Waals surface area contributed by atoms with Gasteiger partial charge >= 0.3 is 5.97 Å². The molecule has 0 aliphatic carbocycles. The number of sulfone groups is 1. The largest absolute Gasteiger partial charge is 0.481 e. The van der Waals surface area contributed by atoms with Gasteiger partial charge in [-0.25, -0.2) is 8.42 Å². The lowest BCUT2D eigenvalue weighted by Gasteiger charge is -2.07. The van der Waals surface area contributed by atoms with Crippen molar-refractivity contribution in [3.05, 3.63) is 0 Å². The van der Waals surface area contributed by atoms with E-state index in [-0.39, 0.29) is 12.2 Å². The highest BCUT2D eigenvalue weighted by Gasteiger charge is 2.16. The van der Waals surface area contributed by atoms with Crippen molar-refractivity contribution in [2.45, 2.75) is 31.8 Å². The Morgan fingerprint density at radius 3 is 2.31 bits per heavy atom. The number of unbranched alkanes of at least 4 members (excludes halogenated alkanes) is 2. The summed E-state index contributed by atoms with van der Waals surface area (Å²) in [6.07, 6.45) is 0.172. The normalized spacial score (nSPS) is 13.6. The topological polar surface area (TPSA) is 112 Å². The number of hydrogen-bond donors (Lipinski definition) is 3. The van der Waals surface area contributed by atoms with Crippen LogP contribution in [0.5, 0.6) is 0 Å². The van der Waals surface area contributed by atoms with Gasteiger partial charge in [-0.15, -0.1) is 0 Å². The molecular weight excluding hydrogens is 236 g/mol. The van der Waals surface area contributed by atoms with Gasteiger partial charge in [0.2, 0.25) is 0 Å². The molecule has 0 saturated carbocycles. The minimum atomic E-state index is -3.35. The molecule has 0 aromatic carbocycles. The lowest BCUT2D eigenvalue weighted by atomic mass is 10.2. The Labute approximate surface area is 94.8 Å². The van der Waals surface area contributed by atoms with Gasteiger partial charge in [-0.05, 0) is 12.8 Å². The highest BCUT2D eigenvalue weighted by Crippen LogP contribution is 2.04. The van der Waals surface area contributed by atoms with Crippen LogP contribution >= 0.6 is 0 Å². The second-order valence-electron chi connectivity index (χ2n) is 3.66. The number of hydrogen-bond acceptors (Lipinski definition) is 5. The summed E-state index contributed by atoms with van der Waals surface area (Å²) in [5.41, 5.74) is 0. The lowest BCUT2D eigenvalue weighted by molar-refractivity contribution is -0.137. The van der Waals surface area contributed by atoms with Crippen LogP contribution in [0.4, 0.5) is 0 Å². The molecule has 0 aliphatic rings. The second-order valence-corrected chi connectivity index (χ2v) is 5.88. The minimum Gasteiger partial charge on any atom is -0.481 e. The molecule has 16 heavy (non-hydrogen) atoms. The standard InChI is InChI=1S/C9H18O6S/c10-6-8(11)7-16(14,15)5-3-1-2-4-9(12)13/h8,10-11H,1-7H2,(H,12,13). The van der Waals surface area contributed by atoms with E-state index in [1.165, 1.54) is 0 Å². The van der Waals surface area contributed by atoms with Gasteiger partial charge in [-0.3, -0.25) is 4.79 Å². The Morgan fingerprint density at radius 1 is 1.19 bits per heavy atom. The Hall–Kier alpha value is -0.660. The molecule has 0 aromatic rings. The van der Waals surface area contributed by atoms with Crippen LogP contribution in [0, 0.1) is 0 Å². The molecule has 1 atom stereocenters. The third-order valence-corrected chi connectivity index (χ3v) is 3.81. The van der Waals surface area contributed by atoms with Crippen LogP contribution in [-0.4, -0.2) is 53.9 Å². The first-order valence-corrected chi connectivity index (χ1v) is 6.90. The molecule has 0 saturated heterocycles. The molecule has 0 aliphatic heterocycles. The Kier molecular flexibility index (Phi) is 7.27. The van der Waals surface area contributed by atoms with E-state index in [9.17, 15) is 13.2 Å². The van der Waals surface area contributed by atoms with Gasteiger partial charge < -0.3 is 15.3 Å². The second kappa shape index (κ2) is 7.59. The van der Waals surface area contributed by atoms with Gasteiger partial charge in [0, 0.05) is 6.42 Å². The number of rotatable bonds is 9. The van der Waals surface area contributed by atoms with E-state index in [2.05, 4.69) is 0 Å². The summed E-state index contributed by atoms with van der Waals surface area (Å²) < 4.78 is 22.6. The van der Waals surface area contributed by atoms with Crippen molar-refractivity contribution in [2.24, 2.45) is 0 Å².